The summed E-state index contributed by atoms with van der Waals surface area (Å²) < 4.78 is 27.3. The van der Waals surface area contributed by atoms with Crippen LogP contribution in [0.2, 0.25) is 0 Å². The Morgan fingerprint density at radius 3 is 2.90 bits per heavy atom. The smallest absolute Gasteiger partial charge is 0.242 e. The minimum absolute atomic E-state index is 0.151. The predicted molar refractivity (Wildman–Crippen MR) is 79.7 cm³/mol. The predicted octanol–water partition coefficient (Wildman–Crippen LogP) is 0.507. The molecule has 0 amide bonds. The van der Waals surface area contributed by atoms with E-state index in [1.807, 2.05) is 6.92 Å². The third-order valence-corrected chi connectivity index (χ3v) is 4.23. The zero-order valence-electron chi connectivity index (χ0n) is 11.6. The standard InChI is InChI=1S/C14H16N4O2S/c1-11-4-5-14(13(7-11)3-2-6-15)21(19,20)18-10-12-8-16-17-9-12/h4-5,7-9,18H,6,10,15H2,1H3,(H,16,17). The molecule has 7 heteroatoms. The summed E-state index contributed by atoms with van der Waals surface area (Å²) in [4.78, 5) is 0.151. The van der Waals surface area contributed by atoms with Crippen LogP contribution in [0.25, 0.3) is 0 Å². The van der Waals surface area contributed by atoms with Gasteiger partial charge in [-0.05, 0) is 24.6 Å². The molecule has 0 bridgehead atoms. The van der Waals surface area contributed by atoms with Gasteiger partial charge in [-0.1, -0.05) is 17.9 Å². The molecule has 0 atom stereocenters. The van der Waals surface area contributed by atoms with Crippen LogP contribution < -0.4 is 10.5 Å². The van der Waals surface area contributed by atoms with Gasteiger partial charge in [0.1, 0.15) is 0 Å². The molecule has 1 aromatic heterocycles. The first-order valence-electron chi connectivity index (χ1n) is 6.30. The molecule has 0 aliphatic heterocycles. The molecule has 0 radical (unpaired) electrons. The highest BCUT2D eigenvalue weighted by Crippen LogP contribution is 2.17. The van der Waals surface area contributed by atoms with E-state index >= 15 is 0 Å². The first kappa shape index (κ1) is 15.3. The number of aryl methyl sites for hydroxylation is 1. The highest BCUT2D eigenvalue weighted by atomic mass is 32.2. The second-order valence-electron chi connectivity index (χ2n) is 4.44. The zero-order chi connectivity index (χ0) is 15.3. The van der Waals surface area contributed by atoms with Crippen LogP contribution in [0.3, 0.4) is 0 Å². The van der Waals surface area contributed by atoms with E-state index in [-0.39, 0.29) is 18.0 Å². The Balaban J connectivity index is 2.30. The highest BCUT2D eigenvalue weighted by molar-refractivity contribution is 7.89. The minimum atomic E-state index is -3.65. The lowest BCUT2D eigenvalue weighted by Gasteiger charge is -2.08. The minimum Gasteiger partial charge on any atom is -0.320 e. The second kappa shape index (κ2) is 6.54. The molecule has 1 aromatic carbocycles. The Bertz CT molecular complexity index is 771. The maximum Gasteiger partial charge on any atom is 0.242 e. The lowest BCUT2D eigenvalue weighted by molar-refractivity contribution is 0.581. The van der Waals surface area contributed by atoms with Crippen molar-refractivity contribution in [1.82, 2.24) is 14.9 Å². The molecule has 21 heavy (non-hydrogen) atoms. The molecule has 0 aliphatic rings. The number of hydrogen-bond acceptors (Lipinski definition) is 4. The Kier molecular flexibility index (Phi) is 4.75. The quantitative estimate of drug-likeness (QED) is 0.716. The number of aromatic nitrogens is 2. The van der Waals surface area contributed by atoms with Crippen LogP contribution in [-0.4, -0.2) is 25.2 Å². The number of nitrogens with two attached hydrogens (primary N) is 1. The number of hydrogen-bond donors (Lipinski definition) is 3. The molecule has 2 rings (SSSR count). The number of aromatic amines is 1. The van der Waals surface area contributed by atoms with Gasteiger partial charge in [-0.2, -0.15) is 5.10 Å². The van der Waals surface area contributed by atoms with Crippen molar-refractivity contribution >= 4 is 10.0 Å². The second-order valence-corrected chi connectivity index (χ2v) is 6.17. The molecule has 0 aliphatic carbocycles. The van der Waals surface area contributed by atoms with Crippen LogP contribution in [0, 0.1) is 18.8 Å². The number of benzene rings is 1. The summed E-state index contributed by atoms with van der Waals surface area (Å²) in [7, 11) is -3.65. The van der Waals surface area contributed by atoms with Gasteiger partial charge in [-0.3, -0.25) is 5.10 Å². The maximum absolute atomic E-state index is 12.4. The van der Waals surface area contributed by atoms with Gasteiger partial charge < -0.3 is 5.73 Å². The highest BCUT2D eigenvalue weighted by Gasteiger charge is 2.17. The fourth-order valence-corrected chi connectivity index (χ4v) is 2.91. The SMILES string of the molecule is Cc1ccc(S(=O)(=O)NCc2cn[nH]c2)c(C#CCN)c1. The monoisotopic (exact) mass is 304 g/mol. The van der Waals surface area contributed by atoms with E-state index < -0.39 is 10.0 Å². The summed E-state index contributed by atoms with van der Waals surface area (Å²) in [5.41, 5.74) is 7.48. The average Bonchev–Trinajstić information content (AvgIpc) is 2.96. The van der Waals surface area contributed by atoms with Gasteiger partial charge in [0, 0.05) is 23.9 Å². The molecule has 4 N–H and O–H groups in total. The van der Waals surface area contributed by atoms with Gasteiger partial charge in [0.05, 0.1) is 17.6 Å². The Labute approximate surface area is 123 Å². The molecule has 0 spiro atoms. The van der Waals surface area contributed by atoms with Gasteiger partial charge in [-0.15, -0.1) is 0 Å². The lowest BCUT2D eigenvalue weighted by atomic mass is 10.1. The summed E-state index contributed by atoms with van der Waals surface area (Å²) in [5, 5.41) is 6.40. The number of H-pyrrole nitrogens is 1. The van der Waals surface area contributed by atoms with Crippen LogP contribution in [-0.2, 0) is 16.6 Å². The van der Waals surface area contributed by atoms with E-state index in [2.05, 4.69) is 26.8 Å². The normalized spacial score (nSPS) is 11.0. The summed E-state index contributed by atoms with van der Waals surface area (Å²) >= 11 is 0. The molecular weight excluding hydrogens is 288 g/mol. The molecular formula is C14H16N4O2S. The third-order valence-electron chi connectivity index (χ3n) is 2.77. The van der Waals surface area contributed by atoms with Crippen molar-refractivity contribution in [3.8, 4) is 11.8 Å². The Morgan fingerprint density at radius 1 is 1.43 bits per heavy atom. The van der Waals surface area contributed by atoms with Crippen LogP contribution in [0.4, 0.5) is 0 Å². The van der Waals surface area contributed by atoms with Crippen molar-refractivity contribution in [1.29, 1.82) is 0 Å². The molecule has 110 valence electrons. The first-order valence-corrected chi connectivity index (χ1v) is 7.78. The fraction of sp³-hybridized carbons (Fsp3) is 0.214. The van der Waals surface area contributed by atoms with Crippen LogP contribution in [0.5, 0.6) is 0 Å². The van der Waals surface area contributed by atoms with Crippen molar-refractivity contribution in [3.63, 3.8) is 0 Å². The van der Waals surface area contributed by atoms with E-state index in [4.69, 9.17) is 5.73 Å². The van der Waals surface area contributed by atoms with Gasteiger partial charge in [0.2, 0.25) is 10.0 Å². The van der Waals surface area contributed by atoms with Crippen molar-refractivity contribution in [2.75, 3.05) is 6.54 Å². The number of nitrogens with zero attached hydrogens (tertiary/aromatic N) is 1. The molecule has 0 fully saturated rings. The van der Waals surface area contributed by atoms with E-state index in [1.54, 1.807) is 30.6 Å². The van der Waals surface area contributed by atoms with Crippen LogP contribution in [0.1, 0.15) is 16.7 Å². The van der Waals surface area contributed by atoms with Crippen LogP contribution >= 0.6 is 0 Å². The van der Waals surface area contributed by atoms with E-state index in [1.165, 1.54) is 0 Å². The first-order chi connectivity index (χ1) is 10.0. The van der Waals surface area contributed by atoms with Crippen molar-refractivity contribution < 1.29 is 8.42 Å². The largest absolute Gasteiger partial charge is 0.320 e. The van der Waals surface area contributed by atoms with Gasteiger partial charge in [-0.25, -0.2) is 13.1 Å². The average molecular weight is 304 g/mol. The van der Waals surface area contributed by atoms with Gasteiger partial charge in [0.15, 0.2) is 0 Å². The number of sulfonamides is 1. The molecule has 0 saturated heterocycles. The molecule has 2 aromatic rings. The Morgan fingerprint density at radius 2 is 2.24 bits per heavy atom. The summed E-state index contributed by atoms with van der Waals surface area (Å²) in [6.45, 7) is 2.22. The van der Waals surface area contributed by atoms with Crippen LogP contribution in [0.15, 0.2) is 35.5 Å². The van der Waals surface area contributed by atoms with Gasteiger partial charge >= 0.3 is 0 Å². The number of rotatable bonds is 4. The maximum atomic E-state index is 12.4. The van der Waals surface area contributed by atoms with E-state index in [9.17, 15) is 8.42 Å². The van der Waals surface area contributed by atoms with Crippen molar-refractivity contribution in [2.24, 2.45) is 5.73 Å². The van der Waals surface area contributed by atoms with E-state index in [0.29, 0.717) is 5.56 Å². The number of nitrogens with one attached hydrogen (secondary N) is 2. The lowest BCUT2D eigenvalue weighted by Crippen LogP contribution is -2.24. The summed E-state index contributed by atoms with van der Waals surface area (Å²) in [5.74, 6) is 5.48. The van der Waals surface area contributed by atoms with E-state index in [0.717, 1.165) is 11.1 Å². The summed E-state index contributed by atoms with van der Waals surface area (Å²) in [6, 6.07) is 5.02. The zero-order valence-corrected chi connectivity index (χ0v) is 12.4. The van der Waals surface area contributed by atoms with Gasteiger partial charge in [0.25, 0.3) is 0 Å². The molecule has 6 nitrogen and oxygen atoms in total. The molecule has 0 unspecified atom stereocenters. The molecule has 1 heterocycles. The Hall–Kier alpha value is -2.14. The summed E-state index contributed by atoms with van der Waals surface area (Å²) in [6.07, 6.45) is 3.19. The topological polar surface area (TPSA) is 101 Å². The molecule has 0 saturated carbocycles. The van der Waals surface area contributed by atoms with Crippen molar-refractivity contribution in [3.05, 3.63) is 47.3 Å². The fourth-order valence-electron chi connectivity index (χ4n) is 1.75. The van der Waals surface area contributed by atoms with Crippen molar-refractivity contribution in [2.45, 2.75) is 18.4 Å². The third kappa shape index (κ3) is 3.92.